The Bertz CT molecular complexity index is 1690. The normalized spacial score (nSPS) is 16.8. The van der Waals surface area contributed by atoms with Crippen molar-refractivity contribution in [3.8, 4) is 45.3 Å². The molecule has 7 rings (SSSR count). The highest BCUT2D eigenvalue weighted by atomic mass is 31.2. The second kappa shape index (κ2) is 7.46. The van der Waals surface area contributed by atoms with Crippen LogP contribution in [0.1, 0.15) is 5.56 Å². The number of para-hydroxylation sites is 1. The summed E-state index contributed by atoms with van der Waals surface area (Å²) in [6.45, 7) is 2.09. The van der Waals surface area contributed by atoms with E-state index in [0.717, 1.165) is 33.1 Å². The van der Waals surface area contributed by atoms with Crippen LogP contribution in [-0.4, -0.2) is 0 Å². The number of fused-ring (bicyclic) bond motifs is 4. The SMILES string of the molecule is Cc1ccccc1-c1cc2c3c(c1)Oc1cc(-c4ccccc4)ccc1P3(=O)c1ccccc1O2. The first kappa shape index (κ1) is 20.3. The Morgan fingerprint density at radius 3 is 1.97 bits per heavy atom. The number of hydrogen-bond acceptors (Lipinski definition) is 3. The van der Waals surface area contributed by atoms with Gasteiger partial charge in [0.25, 0.3) is 0 Å². The Morgan fingerprint density at radius 2 is 1.17 bits per heavy atom. The molecule has 4 heteroatoms. The third kappa shape index (κ3) is 2.95. The van der Waals surface area contributed by atoms with Crippen molar-refractivity contribution < 1.29 is 14.0 Å². The lowest BCUT2D eigenvalue weighted by Gasteiger charge is -2.35. The van der Waals surface area contributed by atoms with Crippen LogP contribution in [0.15, 0.2) is 109 Å². The molecule has 2 aliphatic rings. The van der Waals surface area contributed by atoms with Crippen LogP contribution < -0.4 is 25.4 Å². The molecule has 5 aromatic carbocycles. The van der Waals surface area contributed by atoms with Gasteiger partial charge < -0.3 is 14.0 Å². The van der Waals surface area contributed by atoms with Crippen molar-refractivity contribution >= 4 is 23.1 Å². The maximum absolute atomic E-state index is 15.1. The average molecular weight is 472 g/mol. The topological polar surface area (TPSA) is 35.5 Å². The van der Waals surface area contributed by atoms with Crippen LogP contribution in [0.5, 0.6) is 23.0 Å². The van der Waals surface area contributed by atoms with Gasteiger partial charge in [-0.25, -0.2) is 0 Å². The van der Waals surface area contributed by atoms with Gasteiger partial charge in [-0.15, -0.1) is 0 Å². The molecule has 0 N–H and O–H groups in total. The smallest absolute Gasteiger partial charge is 0.185 e. The van der Waals surface area contributed by atoms with Crippen LogP contribution >= 0.6 is 7.14 Å². The van der Waals surface area contributed by atoms with E-state index in [1.54, 1.807) is 0 Å². The minimum Gasteiger partial charge on any atom is -0.456 e. The maximum Gasteiger partial charge on any atom is 0.185 e. The van der Waals surface area contributed by atoms with Gasteiger partial charge in [-0.05, 0) is 71.1 Å². The third-order valence-electron chi connectivity index (χ3n) is 6.86. The Balaban J connectivity index is 1.51. The Morgan fingerprint density at radius 1 is 0.543 bits per heavy atom. The van der Waals surface area contributed by atoms with Gasteiger partial charge in [0.2, 0.25) is 0 Å². The van der Waals surface area contributed by atoms with Gasteiger partial charge in [-0.1, -0.05) is 72.8 Å². The van der Waals surface area contributed by atoms with Crippen molar-refractivity contribution in [2.45, 2.75) is 6.92 Å². The number of rotatable bonds is 2. The van der Waals surface area contributed by atoms with Crippen molar-refractivity contribution in [1.82, 2.24) is 0 Å². The molecule has 0 bridgehead atoms. The summed E-state index contributed by atoms with van der Waals surface area (Å²) in [5.74, 6) is 2.46. The molecule has 0 fully saturated rings. The summed E-state index contributed by atoms with van der Waals surface area (Å²) in [6, 6.07) is 36.0. The average Bonchev–Trinajstić information content (AvgIpc) is 2.89. The third-order valence-corrected chi connectivity index (χ3v) is 10.0. The van der Waals surface area contributed by atoms with E-state index in [1.165, 1.54) is 0 Å². The highest BCUT2D eigenvalue weighted by Crippen LogP contribution is 2.59. The summed E-state index contributed by atoms with van der Waals surface area (Å²) in [5.41, 5.74) is 5.34. The monoisotopic (exact) mass is 472 g/mol. The van der Waals surface area contributed by atoms with Crippen molar-refractivity contribution in [3.05, 3.63) is 115 Å². The molecule has 1 atom stereocenters. The maximum atomic E-state index is 15.1. The fraction of sp³-hybridized carbons (Fsp3) is 0.0323. The molecule has 0 saturated heterocycles. The van der Waals surface area contributed by atoms with Crippen molar-refractivity contribution in [2.24, 2.45) is 0 Å². The molecule has 3 nitrogen and oxygen atoms in total. The van der Waals surface area contributed by atoms with E-state index in [2.05, 4.69) is 31.2 Å². The van der Waals surface area contributed by atoms with Gasteiger partial charge in [-0.3, -0.25) is 0 Å². The van der Waals surface area contributed by atoms with Crippen LogP contribution in [0.3, 0.4) is 0 Å². The first-order valence-electron chi connectivity index (χ1n) is 11.6. The molecule has 1 unspecified atom stereocenters. The summed E-state index contributed by atoms with van der Waals surface area (Å²) in [7, 11) is -3.20. The summed E-state index contributed by atoms with van der Waals surface area (Å²) in [5, 5.41) is 2.08. The highest BCUT2D eigenvalue weighted by molar-refractivity contribution is 7.86. The lowest BCUT2D eigenvalue weighted by atomic mass is 10.00. The molecule has 2 heterocycles. The molecule has 168 valence electrons. The molecule has 0 amide bonds. The lowest BCUT2D eigenvalue weighted by molar-refractivity contribution is 0.462. The molecular formula is C31H21O3P. The van der Waals surface area contributed by atoms with E-state index in [9.17, 15) is 0 Å². The van der Waals surface area contributed by atoms with Gasteiger partial charge in [0.15, 0.2) is 7.14 Å². The van der Waals surface area contributed by atoms with Crippen molar-refractivity contribution in [1.29, 1.82) is 0 Å². The number of aryl methyl sites for hydroxylation is 1. The summed E-state index contributed by atoms with van der Waals surface area (Å²) in [6.07, 6.45) is 0. The summed E-state index contributed by atoms with van der Waals surface area (Å²) >= 11 is 0. The van der Waals surface area contributed by atoms with Crippen LogP contribution in [0.4, 0.5) is 0 Å². The van der Waals surface area contributed by atoms with Crippen LogP contribution in [0.25, 0.3) is 22.3 Å². The van der Waals surface area contributed by atoms with E-state index in [-0.39, 0.29) is 0 Å². The van der Waals surface area contributed by atoms with Gasteiger partial charge in [-0.2, -0.15) is 0 Å². The van der Waals surface area contributed by atoms with E-state index in [1.807, 2.05) is 84.9 Å². The predicted octanol–water partition coefficient (Wildman–Crippen LogP) is 7.18. The highest BCUT2D eigenvalue weighted by Gasteiger charge is 2.46. The second-order valence-electron chi connectivity index (χ2n) is 8.97. The predicted molar refractivity (Wildman–Crippen MR) is 142 cm³/mol. The largest absolute Gasteiger partial charge is 0.456 e. The molecule has 35 heavy (non-hydrogen) atoms. The van der Waals surface area contributed by atoms with E-state index in [0.29, 0.717) is 33.6 Å². The molecule has 0 aromatic heterocycles. The fourth-order valence-corrected chi connectivity index (χ4v) is 8.19. The quantitative estimate of drug-likeness (QED) is 0.250. The Kier molecular flexibility index (Phi) is 4.33. The van der Waals surface area contributed by atoms with Crippen LogP contribution in [0, 0.1) is 6.92 Å². The number of benzene rings is 5. The van der Waals surface area contributed by atoms with E-state index >= 15 is 4.57 Å². The van der Waals surface area contributed by atoms with E-state index in [4.69, 9.17) is 9.47 Å². The zero-order chi connectivity index (χ0) is 23.6. The number of hydrogen-bond donors (Lipinski definition) is 0. The van der Waals surface area contributed by atoms with Crippen LogP contribution in [0.2, 0.25) is 0 Å². The number of ether oxygens (including phenoxy) is 2. The zero-order valence-corrected chi connectivity index (χ0v) is 20.0. The van der Waals surface area contributed by atoms with Gasteiger partial charge in [0.05, 0.1) is 10.6 Å². The molecule has 2 aliphatic heterocycles. The van der Waals surface area contributed by atoms with Crippen molar-refractivity contribution in [3.63, 3.8) is 0 Å². The fourth-order valence-electron chi connectivity index (χ4n) is 5.18. The van der Waals surface area contributed by atoms with Crippen molar-refractivity contribution in [2.75, 3.05) is 0 Å². The first-order valence-corrected chi connectivity index (χ1v) is 13.3. The van der Waals surface area contributed by atoms with Gasteiger partial charge in [0.1, 0.15) is 28.3 Å². The Hall–Kier alpha value is -4.07. The zero-order valence-electron chi connectivity index (χ0n) is 19.1. The molecular weight excluding hydrogens is 451 g/mol. The lowest BCUT2D eigenvalue weighted by Crippen LogP contribution is -2.35. The Labute approximate surface area is 204 Å². The molecule has 0 spiro atoms. The van der Waals surface area contributed by atoms with E-state index < -0.39 is 7.14 Å². The first-order chi connectivity index (χ1) is 17.1. The minimum absolute atomic E-state index is 0.594. The van der Waals surface area contributed by atoms with Gasteiger partial charge >= 0.3 is 0 Å². The molecule has 0 aliphatic carbocycles. The molecule has 5 aromatic rings. The molecule has 0 saturated carbocycles. The van der Waals surface area contributed by atoms with Gasteiger partial charge in [0, 0.05) is 0 Å². The molecule has 0 radical (unpaired) electrons. The summed E-state index contributed by atoms with van der Waals surface area (Å²) < 4.78 is 28.0. The van der Waals surface area contributed by atoms with Crippen LogP contribution in [-0.2, 0) is 4.57 Å². The summed E-state index contributed by atoms with van der Waals surface area (Å²) in [4.78, 5) is 0. The minimum atomic E-state index is -3.20. The standard InChI is InChI=1S/C31H21O3P/c1-20-9-5-6-12-24(20)23-18-27-31-28(19-23)34-26-17-22(21-10-3-2-4-11-21)15-16-30(26)35(31,32)29-14-8-7-13-25(29)33-27/h2-19H,1H3. The second-order valence-corrected chi connectivity index (χ2v) is 11.6.